The Bertz CT molecular complexity index is 299. The van der Waals surface area contributed by atoms with E-state index in [0.29, 0.717) is 11.8 Å². The molecule has 16 heavy (non-hydrogen) atoms. The first kappa shape index (κ1) is 11.9. The lowest BCUT2D eigenvalue weighted by atomic mass is 10.1. The predicted octanol–water partition coefficient (Wildman–Crippen LogP) is 2.23. The molecule has 1 aromatic rings. The molecule has 1 aliphatic carbocycles. The van der Waals surface area contributed by atoms with Crippen LogP contribution in [0.3, 0.4) is 0 Å². The lowest BCUT2D eigenvalue weighted by Crippen LogP contribution is -2.08. The van der Waals surface area contributed by atoms with E-state index in [9.17, 15) is 0 Å². The molecule has 1 aromatic heterocycles. The third-order valence-corrected chi connectivity index (χ3v) is 3.59. The van der Waals surface area contributed by atoms with Crippen LogP contribution < -0.4 is 5.32 Å². The molecule has 0 spiro atoms. The number of nitrogens with zero attached hydrogens (tertiary/aromatic N) is 2. The van der Waals surface area contributed by atoms with Gasteiger partial charge in [0.25, 0.3) is 0 Å². The van der Waals surface area contributed by atoms with Crippen LogP contribution in [0.15, 0.2) is 4.52 Å². The highest BCUT2D eigenvalue weighted by Gasteiger charge is 2.26. The Hall–Kier alpha value is -0.610. The predicted molar refractivity (Wildman–Crippen MR) is 63.0 cm³/mol. The number of hydrogen-bond donors (Lipinski definition) is 1. The molecule has 4 nitrogen and oxygen atoms in total. The molecule has 1 saturated heterocycles. The van der Waals surface area contributed by atoms with Crippen molar-refractivity contribution in [3.63, 3.8) is 0 Å². The van der Waals surface area contributed by atoms with E-state index in [1.165, 1.54) is 25.7 Å². The van der Waals surface area contributed by atoms with Gasteiger partial charge in [-0.2, -0.15) is 4.98 Å². The molecule has 0 bridgehead atoms. The Kier molecular flexibility index (Phi) is 3.82. The molecule has 1 atom stereocenters. The molecule has 90 valence electrons. The standard InChI is InChI=1S/C11H17N3O.ClH/c1-2-4-8(3-1)10-13-11(15-14-10)9-5-6-12-7-9;/h8-9,12H,1-7H2;1H/t9-;/m1./s1. The second kappa shape index (κ2) is 5.15. The summed E-state index contributed by atoms with van der Waals surface area (Å²) in [6.07, 6.45) is 6.25. The molecule has 0 unspecified atom stereocenters. The summed E-state index contributed by atoms with van der Waals surface area (Å²) in [6.45, 7) is 2.07. The maximum absolute atomic E-state index is 5.36. The van der Waals surface area contributed by atoms with E-state index in [1.807, 2.05) is 0 Å². The van der Waals surface area contributed by atoms with E-state index in [1.54, 1.807) is 0 Å². The van der Waals surface area contributed by atoms with Gasteiger partial charge in [-0.25, -0.2) is 0 Å². The van der Waals surface area contributed by atoms with Crippen LogP contribution in [0.5, 0.6) is 0 Å². The molecule has 2 aliphatic rings. The maximum atomic E-state index is 5.36. The lowest BCUT2D eigenvalue weighted by Gasteiger charge is -2.01. The van der Waals surface area contributed by atoms with Crippen LogP contribution in [0, 0.1) is 0 Å². The third-order valence-electron chi connectivity index (χ3n) is 3.59. The fourth-order valence-electron chi connectivity index (χ4n) is 2.63. The number of aromatic nitrogens is 2. The molecule has 1 aliphatic heterocycles. The fourth-order valence-corrected chi connectivity index (χ4v) is 2.63. The molecule has 0 radical (unpaired) electrons. The summed E-state index contributed by atoms with van der Waals surface area (Å²) >= 11 is 0. The quantitative estimate of drug-likeness (QED) is 0.866. The number of rotatable bonds is 2. The first-order valence-corrected chi connectivity index (χ1v) is 5.97. The minimum absolute atomic E-state index is 0. The van der Waals surface area contributed by atoms with Gasteiger partial charge in [-0.1, -0.05) is 18.0 Å². The SMILES string of the molecule is C1CCC(c2noc([C@@H]3CCNC3)n2)C1.Cl. The molecule has 1 saturated carbocycles. The average molecular weight is 244 g/mol. The van der Waals surface area contributed by atoms with Crippen molar-refractivity contribution in [3.8, 4) is 0 Å². The summed E-state index contributed by atoms with van der Waals surface area (Å²) in [5.74, 6) is 2.82. The zero-order valence-electron chi connectivity index (χ0n) is 9.32. The monoisotopic (exact) mass is 243 g/mol. The van der Waals surface area contributed by atoms with Gasteiger partial charge in [0.15, 0.2) is 5.82 Å². The van der Waals surface area contributed by atoms with Crippen LogP contribution in [-0.2, 0) is 0 Å². The van der Waals surface area contributed by atoms with Crippen molar-refractivity contribution in [1.29, 1.82) is 0 Å². The molecule has 0 aromatic carbocycles. The summed E-state index contributed by atoms with van der Waals surface area (Å²) in [7, 11) is 0. The van der Waals surface area contributed by atoms with Gasteiger partial charge in [0.1, 0.15) is 0 Å². The number of hydrogen-bond acceptors (Lipinski definition) is 4. The van der Waals surface area contributed by atoms with E-state index in [-0.39, 0.29) is 12.4 Å². The third kappa shape index (κ3) is 2.23. The van der Waals surface area contributed by atoms with Crippen molar-refractivity contribution in [3.05, 3.63) is 11.7 Å². The molecule has 1 N–H and O–H groups in total. The summed E-state index contributed by atoms with van der Waals surface area (Å²) in [4.78, 5) is 4.56. The van der Waals surface area contributed by atoms with Crippen LogP contribution in [0.25, 0.3) is 0 Å². The highest BCUT2D eigenvalue weighted by molar-refractivity contribution is 5.85. The van der Waals surface area contributed by atoms with E-state index < -0.39 is 0 Å². The summed E-state index contributed by atoms with van der Waals surface area (Å²) in [5.41, 5.74) is 0. The average Bonchev–Trinajstić information content (AvgIpc) is 3.02. The zero-order chi connectivity index (χ0) is 10.1. The number of nitrogens with one attached hydrogen (secondary N) is 1. The molecule has 3 rings (SSSR count). The van der Waals surface area contributed by atoms with Gasteiger partial charge in [0.05, 0.1) is 5.92 Å². The molecular formula is C11H18ClN3O. The first-order chi connectivity index (χ1) is 7.43. The van der Waals surface area contributed by atoms with Gasteiger partial charge in [-0.3, -0.25) is 0 Å². The maximum Gasteiger partial charge on any atom is 0.231 e. The first-order valence-electron chi connectivity index (χ1n) is 5.97. The van der Waals surface area contributed by atoms with Crippen LogP contribution >= 0.6 is 12.4 Å². The Labute approximate surface area is 102 Å². The van der Waals surface area contributed by atoms with Crippen LogP contribution in [0.4, 0.5) is 0 Å². The van der Waals surface area contributed by atoms with Crippen LogP contribution in [0.1, 0.15) is 55.7 Å². The number of halogens is 1. The second-order valence-corrected chi connectivity index (χ2v) is 4.66. The van der Waals surface area contributed by atoms with Crippen molar-refractivity contribution in [2.45, 2.75) is 43.9 Å². The smallest absolute Gasteiger partial charge is 0.231 e. The zero-order valence-corrected chi connectivity index (χ0v) is 10.1. The second-order valence-electron chi connectivity index (χ2n) is 4.66. The summed E-state index contributed by atoms with van der Waals surface area (Å²) in [5, 5.41) is 7.45. The highest BCUT2D eigenvalue weighted by atomic mass is 35.5. The molecule has 2 heterocycles. The van der Waals surface area contributed by atoms with E-state index >= 15 is 0 Å². The van der Waals surface area contributed by atoms with Gasteiger partial charge >= 0.3 is 0 Å². The molecule has 5 heteroatoms. The largest absolute Gasteiger partial charge is 0.339 e. The van der Waals surface area contributed by atoms with Gasteiger partial charge in [0.2, 0.25) is 5.89 Å². The van der Waals surface area contributed by atoms with Crippen molar-refractivity contribution in [2.24, 2.45) is 0 Å². The van der Waals surface area contributed by atoms with Crippen LogP contribution in [0.2, 0.25) is 0 Å². The van der Waals surface area contributed by atoms with E-state index in [2.05, 4.69) is 15.5 Å². The Morgan fingerprint density at radius 3 is 2.62 bits per heavy atom. The Morgan fingerprint density at radius 1 is 1.12 bits per heavy atom. The van der Waals surface area contributed by atoms with Gasteiger partial charge < -0.3 is 9.84 Å². The minimum atomic E-state index is 0. The van der Waals surface area contributed by atoms with Crippen molar-refractivity contribution in [2.75, 3.05) is 13.1 Å². The van der Waals surface area contributed by atoms with Crippen molar-refractivity contribution in [1.82, 2.24) is 15.5 Å². The van der Waals surface area contributed by atoms with Gasteiger partial charge in [-0.15, -0.1) is 12.4 Å². The summed E-state index contributed by atoms with van der Waals surface area (Å²) < 4.78 is 5.36. The molecule has 0 amide bonds. The molecular weight excluding hydrogens is 226 g/mol. The van der Waals surface area contributed by atoms with E-state index in [0.717, 1.165) is 31.2 Å². The van der Waals surface area contributed by atoms with Crippen molar-refractivity contribution >= 4 is 12.4 Å². The minimum Gasteiger partial charge on any atom is -0.339 e. The lowest BCUT2D eigenvalue weighted by molar-refractivity contribution is 0.352. The topological polar surface area (TPSA) is 51.0 Å². The van der Waals surface area contributed by atoms with E-state index in [4.69, 9.17) is 4.52 Å². The Balaban J connectivity index is 0.000000963. The van der Waals surface area contributed by atoms with Crippen molar-refractivity contribution < 1.29 is 4.52 Å². The Morgan fingerprint density at radius 2 is 1.94 bits per heavy atom. The van der Waals surface area contributed by atoms with Gasteiger partial charge in [-0.05, 0) is 25.8 Å². The molecule has 2 fully saturated rings. The van der Waals surface area contributed by atoms with Gasteiger partial charge in [0, 0.05) is 12.5 Å². The normalized spacial score (nSPS) is 25.9. The highest BCUT2D eigenvalue weighted by Crippen LogP contribution is 2.33. The van der Waals surface area contributed by atoms with Crippen LogP contribution in [-0.4, -0.2) is 23.2 Å². The summed E-state index contributed by atoms with van der Waals surface area (Å²) in [6, 6.07) is 0. The fraction of sp³-hybridized carbons (Fsp3) is 0.818.